The third kappa shape index (κ3) is 8.11. The first-order valence-electron chi connectivity index (χ1n) is 5.80. The van der Waals surface area contributed by atoms with Gasteiger partial charge in [0.2, 0.25) is 0 Å². The Morgan fingerprint density at radius 3 is 2.29 bits per heavy atom. The van der Waals surface area contributed by atoms with Crippen molar-refractivity contribution >= 4 is 0 Å². The third-order valence-electron chi connectivity index (χ3n) is 2.50. The van der Waals surface area contributed by atoms with Crippen LogP contribution >= 0.6 is 0 Å². The van der Waals surface area contributed by atoms with E-state index in [1.807, 2.05) is 0 Å². The summed E-state index contributed by atoms with van der Waals surface area (Å²) < 4.78 is 5.06. The maximum atomic E-state index is 5.06. The van der Waals surface area contributed by atoms with E-state index in [0.29, 0.717) is 0 Å². The predicted octanol–water partition coefficient (Wildman–Crippen LogP) is 3.05. The summed E-state index contributed by atoms with van der Waals surface area (Å²) in [4.78, 5) is 2.47. The van der Waals surface area contributed by atoms with Crippen molar-refractivity contribution in [2.24, 2.45) is 0 Å². The molecule has 0 aromatic heterocycles. The maximum Gasteiger partial charge on any atom is 0.0873 e. The summed E-state index contributed by atoms with van der Waals surface area (Å²) in [5.41, 5.74) is 0. The molecule has 2 heteroatoms. The van der Waals surface area contributed by atoms with Crippen molar-refractivity contribution in [2.45, 2.75) is 39.5 Å². The first-order valence-corrected chi connectivity index (χ1v) is 5.80. The Balaban J connectivity index is 3.08. The zero-order valence-electron chi connectivity index (χ0n) is 9.80. The molecule has 0 aliphatic rings. The Labute approximate surface area is 88.9 Å². The van der Waals surface area contributed by atoms with Crippen molar-refractivity contribution in [3.8, 4) is 0 Å². The van der Waals surface area contributed by atoms with Crippen LogP contribution in [0.1, 0.15) is 39.5 Å². The van der Waals surface area contributed by atoms with Gasteiger partial charge in [0.25, 0.3) is 0 Å². The lowest BCUT2D eigenvalue weighted by Crippen LogP contribution is -2.23. The molecule has 0 aliphatic heterocycles. The van der Waals surface area contributed by atoms with E-state index in [1.165, 1.54) is 45.2 Å². The van der Waals surface area contributed by atoms with Crippen molar-refractivity contribution in [1.29, 1.82) is 0 Å². The van der Waals surface area contributed by atoms with Crippen molar-refractivity contribution < 1.29 is 4.74 Å². The van der Waals surface area contributed by atoms with E-state index in [4.69, 9.17) is 4.74 Å². The first-order chi connectivity index (χ1) is 6.85. The Kier molecular flexibility index (Phi) is 10.2. The van der Waals surface area contributed by atoms with Crippen LogP contribution in [0.3, 0.4) is 0 Å². The SMILES string of the molecule is C=COCCCCCCN(CC)CC. The molecule has 0 spiro atoms. The molecule has 0 aliphatic carbocycles. The molecule has 0 radical (unpaired) electrons. The minimum Gasteiger partial charge on any atom is -0.502 e. The molecule has 0 amide bonds. The average Bonchev–Trinajstić information content (AvgIpc) is 2.22. The summed E-state index contributed by atoms with van der Waals surface area (Å²) in [6.07, 6.45) is 6.59. The van der Waals surface area contributed by atoms with Gasteiger partial charge in [-0.2, -0.15) is 0 Å². The molecule has 0 fully saturated rings. The van der Waals surface area contributed by atoms with E-state index in [9.17, 15) is 0 Å². The molecule has 0 unspecified atom stereocenters. The normalized spacial score (nSPS) is 10.5. The van der Waals surface area contributed by atoms with Gasteiger partial charge in [0, 0.05) is 0 Å². The molecule has 0 saturated carbocycles. The van der Waals surface area contributed by atoms with Gasteiger partial charge in [-0.15, -0.1) is 0 Å². The highest BCUT2D eigenvalue weighted by Gasteiger charge is 1.97. The largest absolute Gasteiger partial charge is 0.502 e. The van der Waals surface area contributed by atoms with Crippen molar-refractivity contribution in [3.05, 3.63) is 12.8 Å². The average molecular weight is 199 g/mol. The van der Waals surface area contributed by atoms with Crippen LogP contribution < -0.4 is 0 Å². The number of nitrogens with zero attached hydrogens (tertiary/aromatic N) is 1. The van der Waals surface area contributed by atoms with E-state index in [1.54, 1.807) is 0 Å². The molecule has 0 heterocycles. The molecule has 0 aromatic carbocycles. The molecule has 0 rings (SSSR count). The zero-order chi connectivity index (χ0) is 10.6. The van der Waals surface area contributed by atoms with Gasteiger partial charge < -0.3 is 9.64 Å². The second-order valence-corrected chi connectivity index (χ2v) is 3.48. The smallest absolute Gasteiger partial charge is 0.0873 e. The number of hydrogen-bond donors (Lipinski definition) is 0. The van der Waals surface area contributed by atoms with Crippen LogP contribution in [0.5, 0.6) is 0 Å². The van der Waals surface area contributed by atoms with E-state index >= 15 is 0 Å². The molecule has 0 saturated heterocycles. The van der Waals surface area contributed by atoms with Gasteiger partial charge in [-0.3, -0.25) is 0 Å². The molecule has 2 nitrogen and oxygen atoms in total. The van der Waals surface area contributed by atoms with Gasteiger partial charge in [0.1, 0.15) is 0 Å². The first kappa shape index (κ1) is 13.5. The fourth-order valence-electron chi connectivity index (χ4n) is 1.50. The zero-order valence-corrected chi connectivity index (χ0v) is 9.80. The Bertz CT molecular complexity index is 121. The second kappa shape index (κ2) is 10.6. The minimum atomic E-state index is 0.828. The van der Waals surface area contributed by atoms with Crippen LogP contribution in [0.4, 0.5) is 0 Å². The van der Waals surface area contributed by atoms with Crippen LogP contribution in [0, 0.1) is 0 Å². The van der Waals surface area contributed by atoms with Crippen LogP contribution in [0.15, 0.2) is 12.8 Å². The van der Waals surface area contributed by atoms with Crippen molar-refractivity contribution in [2.75, 3.05) is 26.2 Å². The van der Waals surface area contributed by atoms with Crippen molar-refractivity contribution in [3.63, 3.8) is 0 Å². The van der Waals surface area contributed by atoms with E-state index in [2.05, 4.69) is 25.3 Å². The summed E-state index contributed by atoms with van der Waals surface area (Å²) in [5.74, 6) is 0. The fourth-order valence-corrected chi connectivity index (χ4v) is 1.50. The van der Waals surface area contributed by atoms with Gasteiger partial charge in [-0.1, -0.05) is 33.3 Å². The summed E-state index contributed by atoms with van der Waals surface area (Å²) in [6, 6.07) is 0. The van der Waals surface area contributed by atoms with Crippen LogP contribution in [-0.2, 0) is 4.74 Å². The fraction of sp³-hybridized carbons (Fsp3) is 0.833. The molecular formula is C12H25NO. The quantitative estimate of drug-likeness (QED) is 0.396. The lowest BCUT2D eigenvalue weighted by atomic mass is 10.2. The third-order valence-corrected chi connectivity index (χ3v) is 2.50. The number of unbranched alkanes of at least 4 members (excludes halogenated alkanes) is 3. The van der Waals surface area contributed by atoms with Gasteiger partial charge in [0.05, 0.1) is 12.9 Å². The molecular weight excluding hydrogens is 174 g/mol. The lowest BCUT2D eigenvalue weighted by Gasteiger charge is -2.17. The molecule has 0 aromatic rings. The van der Waals surface area contributed by atoms with Crippen LogP contribution in [0.2, 0.25) is 0 Å². The van der Waals surface area contributed by atoms with Gasteiger partial charge in [-0.05, 0) is 32.5 Å². The van der Waals surface area contributed by atoms with E-state index in [-0.39, 0.29) is 0 Å². The molecule has 14 heavy (non-hydrogen) atoms. The van der Waals surface area contributed by atoms with Gasteiger partial charge >= 0.3 is 0 Å². The molecule has 0 atom stereocenters. The molecule has 0 N–H and O–H groups in total. The lowest BCUT2D eigenvalue weighted by molar-refractivity contribution is 0.239. The van der Waals surface area contributed by atoms with Gasteiger partial charge in [0.15, 0.2) is 0 Å². The van der Waals surface area contributed by atoms with Gasteiger partial charge in [-0.25, -0.2) is 0 Å². The Morgan fingerprint density at radius 1 is 1.07 bits per heavy atom. The maximum absolute atomic E-state index is 5.06. The van der Waals surface area contributed by atoms with E-state index in [0.717, 1.165) is 13.0 Å². The number of ether oxygens (including phenoxy) is 1. The molecule has 0 bridgehead atoms. The van der Waals surface area contributed by atoms with E-state index < -0.39 is 0 Å². The van der Waals surface area contributed by atoms with Crippen molar-refractivity contribution in [1.82, 2.24) is 4.90 Å². The second-order valence-electron chi connectivity index (χ2n) is 3.48. The monoisotopic (exact) mass is 199 g/mol. The molecule has 84 valence electrons. The summed E-state index contributed by atoms with van der Waals surface area (Å²) in [5, 5.41) is 0. The highest BCUT2D eigenvalue weighted by molar-refractivity contribution is 4.53. The highest BCUT2D eigenvalue weighted by atomic mass is 16.5. The number of hydrogen-bond acceptors (Lipinski definition) is 2. The van der Waals surface area contributed by atoms with Crippen LogP contribution in [0.25, 0.3) is 0 Å². The number of rotatable bonds is 10. The Morgan fingerprint density at radius 2 is 1.71 bits per heavy atom. The minimum absolute atomic E-state index is 0.828. The predicted molar refractivity (Wildman–Crippen MR) is 62.4 cm³/mol. The van der Waals surface area contributed by atoms with Crippen LogP contribution in [-0.4, -0.2) is 31.1 Å². The standard InChI is InChI=1S/C12H25NO/c1-4-13(5-2)11-9-7-8-10-12-14-6-3/h6H,3-5,7-12H2,1-2H3. The Hall–Kier alpha value is -0.500. The summed E-state index contributed by atoms with van der Waals surface area (Å²) in [6.45, 7) is 12.4. The summed E-state index contributed by atoms with van der Waals surface area (Å²) in [7, 11) is 0. The summed E-state index contributed by atoms with van der Waals surface area (Å²) >= 11 is 0. The topological polar surface area (TPSA) is 12.5 Å². The highest BCUT2D eigenvalue weighted by Crippen LogP contribution is 2.02.